The molecule has 4 heteroatoms. The van der Waals surface area contributed by atoms with Gasteiger partial charge in [-0.15, -0.1) is 0 Å². The summed E-state index contributed by atoms with van der Waals surface area (Å²) in [6.45, 7) is 0. The molecule has 0 aliphatic rings. The molecule has 0 atom stereocenters. The number of para-hydroxylation sites is 4. The van der Waals surface area contributed by atoms with E-state index in [0.29, 0.717) is 0 Å². The zero-order valence-electron chi connectivity index (χ0n) is 40.4. The molecule has 0 radical (unpaired) electrons. The van der Waals surface area contributed by atoms with Gasteiger partial charge in [-0.05, 0) is 122 Å². The van der Waals surface area contributed by atoms with E-state index in [1.165, 1.54) is 32.3 Å². The SMILES string of the molecule is c1ccc(-c2ccc(N(c3cc(N(c4ccccc4)c4cc5ccccc5c5ccccc45)cc(N(c4ccccc4)c4cc5ccccc5c5ccccc45)c3)c3cccc4c3oc3ccccc34)cc2)cc1. The molecular weight excluding hydrogens is 899 g/mol. The van der Waals surface area contributed by atoms with E-state index in [2.05, 4.69) is 294 Å². The molecule has 0 bridgehead atoms. The van der Waals surface area contributed by atoms with Crippen molar-refractivity contribution in [2.75, 3.05) is 14.7 Å². The van der Waals surface area contributed by atoms with Gasteiger partial charge in [0, 0.05) is 38.6 Å². The Balaban J connectivity index is 1.11. The Hall–Kier alpha value is -9.90. The Morgan fingerprint density at radius 1 is 0.216 bits per heavy atom. The average Bonchev–Trinajstić information content (AvgIpc) is 3.89. The first-order valence-corrected chi connectivity index (χ1v) is 25.2. The van der Waals surface area contributed by atoms with Crippen LogP contribution in [0.1, 0.15) is 0 Å². The fourth-order valence-corrected chi connectivity index (χ4v) is 11.2. The third-order valence-corrected chi connectivity index (χ3v) is 14.5. The van der Waals surface area contributed by atoms with Gasteiger partial charge in [0.25, 0.3) is 0 Å². The van der Waals surface area contributed by atoms with E-state index in [9.17, 15) is 0 Å². The van der Waals surface area contributed by atoms with Gasteiger partial charge < -0.3 is 19.1 Å². The Kier molecular flexibility index (Phi) is 10.5. The monoisotopic (exact) mass is 945 g/mol. The van der Waals surface area contributed by atoms with E-state index < -0.39 is 0 Å². The van der Waals surface area contributed by atoms with Crippen LogP contribution in [0.2, 0.25) is 0 Å². The van der Waals surface area contributed by atoms with Crippen LogP contribution in [0, 0.1) is 0 Å². The lowest BCUT2D eigenvalue weighted by atomic mass is 9.98. The quantitative estimate of drug-likeness (QED) is 0.127. The second kappa shape index (κ2) is 18.1. The topological polar surface area (TPSA) is 22.9 Å². The van der Waals surface area contributed by atoms with Crippen molar-refractivity contribution >= 4 is 116 Å². The first-order valence-electron chi connectivity index (χ1n) is 25.2. The van der Waals surface area contributed by atoms with Gasteiger partial charge >= 0.3 is 0 Å². The van der Waals surface area contributed by atoms with E-state index in [0.717, 1.165) is 95.0 Å². The van der Waals surface area contributed by atoms with Crippen LogP contribution in [-0.2, 0) is 0 Å². The summed E-state index contributed by atoms with van der Waals surface area (Å²) < 4.78 is 6.95. The normalized spacial score (nSPS) is 11.5. The summed E-state index contributed by atoms with van der Waals surface area (Å²) in [5.74, 6) is 0. The van der Waals surface area contributed by atoms with Crippen LogP contribution in [-0.4, -0.2) is 0 Å². The van der Waals surface area contributed by atoms with E-state index in [4.69, 9.17) is 4.42 Å². The molecule has 1 heterocycles. The first-order chi connectivity index (χ1) is 36.7. The van der Waals surface area contributed by atoms with Crippen molar-refractivity contribution in [1.29, 1.82) is 0 Å². The summed E-state index contributed by atoms with van der Waals surface area (Å²) in [6, 6.07) is 103. The molecule has 4 nitrogen and oxygen atoms in total. The molecule has 74 heavy (non-hydrogen) atoms. The number of hydrogen-bond acceptors (Lipinski definition) is 4. The van der Waals surface area contributed by atoms with E-state index in [-0.39, 0.29) is 0 Å². The molecule has 0 saturated heterocycles. The summed E-state index contributed by atoms with van der Waals surface area (Å²) >= 11 is 0. The van der Waals surface area contributed by atoms with Gasteiger partial charge in [0.05, 0.1) is 34.1 Å². The molecular formula is C70H47N3O. The van der Waals surface area contributed by atoms with Gasteiger partial charge in [-0.25, -0.2) is 0 Å². The third kappa shape index (κ3) is 7.39. The second-order valence-electron chi connectivity index (χ2n) is 18.9. The Morgan fingerprint density at radius 3 is 1.12 bits per heavy atom. The van der Waals surface area contributed by atoms with Gasteiger partial charge in [-0.3, -0.25) is 0 Å². The largest absolute Gasteiger partial charge is 0.454 e. The van der Waals surface area contributed by atoms with Crippen molar-refractivity contribution in [2.24, 2.45) is 0 Å². The highest BCUT2D eigenvalue weighted by Gasteiger charge is 2.26. The van der Waals surface area contributed by atoms with Gasteiger partial charge in [0.1, 0.15) is 5.58 Å². The van der Waals surface area contributed by atoms with Crippen LogP contribution in [0.15, 0.2) is 290 Å². The molecule has 0 spiro atoms. The predicted molar refractivity (Wildman–Crippen MR) is 313 cm³/mol. The lowest BCUT2D eigenvalue weighted by molar-refractivity contribution is 0.669. The van der Waals surface area contributed by atoms with Gasteiger partial charge in [0.2, 0.25) is 0 Å². The van der Waals surface area contributed by atoms with Crippen molar-refractivity contribution in [2.45, 2.75) is 0 Å². The van der Waals surface area contributed by atoms with E-state index >= 15 is 0 Å². The highest BCUT2D eigenvalue weighted by molar-refractivity contribution is 6.17. The number of fused-ring (bicyclic) bond motifs is 9. The van der Waals surface area contributed by atoms with Crippen LogP contribution >= 0.6 is 0 Å². The third-order valence-electron chi connectivity index (χ3n) is 14.5. The molecule has 0 aliphatic carbocycles. The number of anilines is 9. The number of nitrogens with zero attached hydrogens (tertiary/aromatic N) is 3. The standard InChI is InChI=1S/C70H47N3O/c1-4-21-48(22-5-1)49-39-41-54(42-40-49)71(66-37-20-36-65-64-35-18-19-38-69(64)74-70(65)66)55-45-56(72(52-25-6-2-7-26-52)67-43-50-23-10-12-29-58(50)60-31-14-16-33-62(60)67)47-57(46-55)73(53-27-8-3-9-28-53)68-44-51-24-11-13-30-59(51)61-32-15-17-34-63(61)68/h1-47H. The molecule has 0 amide bonds. The predicted octanol–water partition coefficient (Wildman–Crippen LogP) is 20.3. The summed E-state index contributed by atoms with van der Waals surface area (Å²) in [7, 11) is 0. The summed E-state index contributed by atoms with van der Waals surface area (Å²) in [6.07, 6.45) is 0. The van der Waals surface area contributed by atoms with Crippen LogP contribution in [0.3, 0.4) is 0 Å². The fraction of sp³-hybridized carbons (Fsp3) is 0. The lowest BCUT2D eigenvalue weighted by Crippen LogP contribution is -2.17. The number of rotatable bonds is 10. The van der Waals surface area contributed by atoms with Crippen LogP contribution < -0.4 is 14.7 Å². The molecule has 14 rings (SSSR count). The maximum absolute atomic E-state index is 6.95. The van der Waals surface area contributed by atoms with Crippen LogP contribution in [0.25, 0.3) is 76.2 Å². The molecule has 0 unspecified atom stereocenters. The maximum atomic E-state index is 6.95. The molecule has 0 fully saturated rings. The number of hydrogen-bond donors (Lipinski definition) is 0. The molecule has 0 aliphatic heterocycles. The van der Waals surface area contributed by atoms with E-state index in [1.807, 2.05) is 6.07 Å². The van der Waals surface area contributed by atoms with Gasteiger partial charge in [-0.1, -0.05) is 206 Å². The van der Waals surface area contributed by atoms with Crippen molar-refractivity contribution in [1.82, 2.24) is 0 Å². The minimum atomic E-state index is 0.814. The smallest absolute Gasteiger partial charge is 0.159 e. The van der Waals surface area contributed by atoms with Crippen LogP contribution in [0.4, 0.5) is 51.2 Å². The van der Waals surface area contributed by atoms with Crippen molar-refractivity contribution in [3.63, 3.8) is 0 Å². The summed E-state index contributed by atoms with van der Waals surface area (Å²) in [5, 5.41) is 11.6. The Labute approximate surface area is 429 Å². The van der Waals surface area contributed by atoms with Crippen molar-refractivity contribution < 1.29 is 4.42 Å². The second-order valence-corrected chi connectivity index (χ2v) is 18.9. The highest BCUT2D eigenvalue weighted by atomic mass is 16.3. The fourth-order valence-electron chi connectivity index (χ4n) is 11.2. The molecule has 14 aromatic rings. The molecule has 348 valence electrons. The lowest BCUT2D eigenvalue weighted by Gasteiger charge is -2.34. The minimum Gasteiger partial charge on any atom is -0.454 e. The Morgan fingerprint density at radius 2 is 0.595 bits per heavy atom. The summed E-state index contributed by atoms with van der Waals surface area (Å²) in [5.41, 5.74) is 13.0. The number of furan rings is 1. The van der Waals surface area contributed by atoms with Crippen molar-refractivity contribution in [3.8, 4) is 11.1 Å². The highest BCUT2D eigenvalue weighted by Crippen LogP contribution is 2.51. The van der Waals surface area contributed by atoms with Gasteiger partial charge in [-0.2, -0.15) is 0 Å². The molecule has 0 N–H and O–H groups in total. The maximum Gasteiger partial charge on any atom is 0.159 e. The Bertz CT molecular complexity index is 4200. The molecule has 0 saturated carbocycles. The van der Waals surface area contributed by atoms with Crippen LogP contribution in [0.5, 0.6) is 0 Å². The molecule has 13 aromatic carbocycles. The van der Waals surface area contributed by atoms with Gasteiger partial charge in [0.15, 0.2) is 5.58 Å². The average molecular weight is 946 g/mol. The first kappa shape index (κ1) is 42.9. The van der Waals surface area contributed by atoms with E-state index in [1.54, 1.807) is 0 Å². The number of benzene rings is 13. The zero-order chi connectivity index (χ0) is 49.0. The zero-order valence-corrected chi connectivity index (χ0v) is 40.4. The summed E-state index contributed by atoms with van der Waals surface area (Å²) in [4.78, 5) is 7.28. The minimum absolute atomic E-state index is 0.814. The molecule has 1 aromatic heterocycles. The van der Waals surface area contributed by atoms with Crippen molar-refractivity contribution in [3.05, 3.63) is 285 Å².